The van der Waals surface area contributed by atoms with E-state index in [0.29, 0.717) is 18.6 Å². The first-order chi connectivity index (χ1) is 5.72. The van der Waals surface area contributed by atoms with E-state index in [1.54, 1.807) is 0 Å². The normalized spacial score (nSPS) is 54.8. The van der Waals surface area contributed by atoms with E-state index in [1.165, 1.54) is 12.8 Å². The molecule has 3 rings (SSSR count). The number of hydrogen-bond acceptors (Lipinski definition) is 2. The Balaban J connectivity index is 2.04. The van der Waals surface area contributed by atoms with Gasteiger partial charge >= 0.3 is 0 Å². The Morgan fingerprint density at radius 1 is 1.50 bits per heavy atom. The lowest BCUT2D eigenvalue weighted by Gasteiger charge is -2.27. The van der Waals surface area contributed by atoms with Gasteiger partial charge in [0.25, 0.3) is 0 Å². The Morgan fingerprint density at radius 3 is 2.92 bits per heavy atom. The SMILES string of the molecule is NC(=O)C12COC3CC(CC31)C2. The van der Waals surface area contributed by atoms with Crippen LogP contribution in [0.4, 0.5) is 0 Å². The first kappa shape index (κ1) is 6.89. The zero-order chi connectivity index (χ0) is 8.34. The van der Waals surface area contributed by atoms with Crippen LogP contribution in [0.15, 0.2) is 0 Å². The van der Waals surface area contributed by atoms with Crippen molar-refractivity contribution in [3.05, 3.63) is 0 Å². The smallest absolute Gasteiger partial charge is 0.226 e. The van der Waals surface area contributed by atoms with Gasteiger partial charge in [0.2, 0.25) is 5.91 Å². The molecule has 0 aromatic rings. The van der Waals surface area contributed by atoms with Crippen LogP contribution in [-0.4, -0.2) is 18.6 Å². The van der Waals surface area contributed by atoms with Crippen LogP contribution in [0.25, 0.3) is 0 Å². The van der Waals surface area contributed by atoms with Crippen molar-refractivity contribution in [1.82, 2.24) is 0 Å². The van der Waals surface area contributed by atoms with Crippen molar-refractivity contribution in [1.29, 1.82) is 0 Å². The van der Waals surface area contributed by atoms with Crippen molar-refractivity contribution in [2.45, 2.75) is 25.4 Å². The van der Waals surface area contributed by atoms with Gasteiger partial charge in [-0.25, -0.2) is 0 Å². The van der Waals surface area contributed by atoms with Gasteiger partial charge in [-0.05, 0) is 25.2 Å². The minimum absolute atomic E-state index is 0.128. The summed E-state index contributed by atoms with van der Waals surface area (Å²) >= 11 is 0. The summed E-state index contributed by atoms with van der Waals surface area (Å²) in [6.07, 6.45) is 3.69. The van der Waals surface area contributed by atoms with Crippen LogP contribution in [0, 0.1) is 17.3 Å². The van der Waals surface area contributed by atoms with E-state index in [0.717, 1.165) is 12.3 Å². The van der Waals surface area contributed by atoms with Gasteiger partial charge in [-0.15, -0.1) is 0 Å². The highest BCUT2D eigenvalue weighted by molar-refractivity contribution is 5.82. The molecule has 12 heavy (non-hydrogen) atoms. The summed E-state index contributed by atoms with van der Waals surface area (Å²) in [5.74, 6) is 1.05. The molecule has 0 aromatic heterocycles. The summed E-state index contributed by atoms with van der Waals surface area (Å²) in [4.78, 5) is 11.3. The van der Waals surface area contributed by atoms with Gasteiger partial charge < -0.3 is 10.5 Å². The minimum Gasteiger partial charge on any atom is -0.377 e. The lowest BCUT2D eigenvalue weighted by atomic mass is 9.74. The molecule has 2 saturated carbocycles. The molecule has 3 nitrogen and oxygen atoms in total. The molecule has 2 N–H and O–H groups in total. The third-order valence-electron chi connectivity index (χ3n) is 4.01. The topological polar surface area (TPSA) is 52.3 Å². The number of ether oxygens (including phenoxy) is 1. The number of carbonyl (C=O) groups excluding carboxylic acids is 1. The van der Waals surface area contributed by atoms with Gasteiger partial charge in [0.15, 0.2) is 0 Å². The Morgan fingerprint density at radius 2 is 2.33 bits per heavy atom. The van der Waals surface area contributed by atoms with Crippen LogP contribution in [0.2, 0.25) is 0 Å². The molecule has 3 aliphatic rings. The number of nitrogens with two attached hydrogens (primary N) is 1. The number of rotatable bonds is 1. The number of hydrogen-bond donors (Lipinski definition) is 1. The first-order valence-electron chi connectivity index (χ1n) is 4.64. The molecular formula is C9H13NO2. The van der Waals surface area contributed by atoms with Gasteiger partial charge in [0.1, 0.15) is 0 Å². The monoisotopic (exact) mass is 167 g/mol. The molecule has 0 radical (unpaired) electrons. The lowest BCUT2D eigenvalue weighted by Crippen LogP contribution is -2.42. The predicted molar refractivity (Wildman–Crippen MR) is 42.2 cm³/mol. The molecule has 1 aliphatic heterocycles. The average molecular weight is 167 g/mol. The van der Waals surface area contributed by atoms with Crippen LogP contribution < -0.4 is 5.73 Å². The summed E-state index contributed by atoms with van der Waals surface area (Å²) in [5.41, 5.74) is 5.18. The highest BCUT2D eigenvalue weighted by Gasteiger charge is 2.63. The van der Waals surface area contributed by atoms with Crippen LogP contribution in [-0.2, 0) is 9.53 Å². The highest BCUT2D eigenvalue weighted by Crippen LogP contribution is 2.60. The number of amides is 1. The van der Waals surface area contributed by atoms with E-state index in [-0.39, 0.29) is 11.3 Å². The molecule has 4 atom stereocenters. The quantitative estimate of drug-likeness (QED) is 0.610. The van der Waals surface area contributed by atoms with Crippen molar-refractivity contribution in [3.63, 3.8) is 0 Å². The third kappa shape index (κ3) is 0.565. The summed E-state index contributed by atoms with van der Waals surface area (Å²) in [6, 6.07) is 0. The minimum atomic E-state index is -0.256. The summed E-state index contributed by atoms with van der Waals surface area (Å²) in [6.45, 7) is 0.591. The Kier molecular flexibility index (Phi) is 1.06. The fourth-order valence-electron chi connectivity index (χ4n) is 3.47. The molecule has 0 spiro atoms. The maximum Gasteiger partial charge on any atom is 0.226 e. The maximum absolute atomic E-state index is 11.3. The molecule has 66 valence electrons. The fourth-order valence-corrected chi connectivity index (χ4v) is 3.47. The van der Waals surface area contributed by atoms with Crippen molar-refractivity contribution in [3.8, 4) is 0 Å². The first-order valence-corrected chi connectivity index (χ1v) is 4.64. The third-order valence-corrected chi connectivity index (χ3v) is 4.01. The number of carbonyl (C=O) groups is 1. The van der Waals surface area contributed by atoms with Crippen LogP contribution in [0.5, 0.6) is 0 Å². The zero-order valence-corrected chi connectivity index (χ0v) is 6.95. The molecule has 3 fully saturated rings. The Bertz CT molecular complexity index is 253. The molecule has 1 amide bonds. The molecule has 2 bridgehead atoms. The predicted octanol–water partition coefficient (Wildman–Crippen LogP) is 0.287. The number of primary amides is 1. The summed E-state index contributed by atoms with van der Waals surface area (Å²) < 4.78 is 5.59. The van der Waals surface area contributed by atoms with E-state index < -0.39 is 0 Å². The average Bonchev–Trinajstić information content (AvgIpc) is 2.55. The maximum atomic E-state index is 11.3. The van der Waals surface area contributed by atoms with Crippen molar-refractivity contribution in [2.75, 3.05) is 6.61 Å². The van der Waals surface area contributed by atoms with Crippen molar-refractivity contribution >= 4 is 5.91 Å². The zero-order valence-electron chi connectivity index (χ0n) is 6.95. The van der Waals surface area contributed by atoms with Gasteiger partial charge in [-0.3, -0.25) is 4.79 Å². The van der Waals surface area contributed by atoms with Crippen LogP contribution >= 0.6 is 0 Å². The molecule has 1 saturated heterocycles. The molecule has 1 heterocycles. The molecule has 3 heteroatoms. The standard InChI is InChI=1S/C9H13NO2/c10-8(11)9-3-5-1-6(9)7(2-5)12-4-9/h5-7H,1-4H2,(H2,10,11). The van der Waals surface area contributed by atoms with E-state index in [2.05, 4.69) is 0 Å². The van der Waals surface area contributed by atoms with E-state index in [9.17, 15) is 4.79 Å². The lowest BCUT2D eigenvalue weighted by molar-refractivity contribution is -0.129. The van der Waals surface area contributed by atoms with Crippen LogP contribution in [0.1, 0.15) is 19.3 Å². The summed E-state index contributed by atoms with van der Waals surface area (Å²) in [7, 11) is 0. The highest BCUT2D eigenvalue weighted by atomic mass is 16.5. The second-order valence-electron chi connectivity index (χ2n) is 4.52. The van der Waals surface area contributed by atoms with Crippen molar-refractivity contribution in [2.24, 2.45) is 23.0 Å². The van der Waals surface area contributed by atoms with Crippen molar-refractivity contribution < 1.29 is 9.53 Å². The second-order valence-corrected chi connectivity index (χ2v) is 4.52. The summed E-state index contributed by atoms with van der Waals surface area (Å²) in [5, 5.41) is 0. The molecule has 0 aromatic carbocycles. The molecule has 2 aliphatic carbocycles. The molecular weight excluding hydrogens is 154 g/mol. The van der Waals surface area contributed by atoms with E-state index >= 15 is 0 Å². The Hall–Kier alpha value is -0.570. The van der Waals surface area contributed by atoms with E-state index in [1.807, 2.05) is 0 Å². The molecule has 4 unspecified atom stereocenters. The van der Waals surface area contributed by atoms with Crippen LogP contribution in [0.3, 0.4) is 0 Å². The fraction of sp³-hybridized carbons (Fsp3) is 0.889. The van der Waals surface area contributed by atoms with Gasteiger partial charge in [0, 0.05) is 5.92 Å². The van der Waals surface area contributed by atoms with Gasteiger partial charge in [0.05, 0.1) is 18.1 Å². The Labute approximate surface area is 71.3 Å². The van der Waals surface area contributed by atoms with Gasteiger partial charge in [-0.2, -0.15) is 0 Å². The second kappa shape index (κ2) is 1.84. The van der Waals surface area contributed by atoms with Gasteiger partial charge in [-0.1, -0.05) is 0 Å². The largest absolute Gasteiger partial charge is 0.377 e. The number of fused-ring (bicyclic) bond motifs is 1. The van der Waals surface area contributed by atoms with E-state index in [4.69, 9.17) is 10.5 Å².